The summed E-state index contributed by atoms with van der Waals surface area (Å²) in [5.74, 6) is 0. The fourth-order valence-corrected chi connectivity index (χ4v) is 3.81. The molecule has 1 aromatic rings. The minimum Gasteiger partial charge on any atom is -0.330 e. The topological polar surface area (TPSA) is 43.8 Å². The van der Waals surface area contributed by atoms with Gasteiger partial charge in [0.05, 0.1) is 15.9 Å². The highest BCUT2D eigenvalue weighted by atomic mass is 79.9. The monoisotopic (exact) mass is 327 g/mol. The average Bonchev–Trinajstić information content (AvgIpc) is 2.59. The van der Waals surface area contributed by atoms with Gasteiger partial charge in [-0.1, -0.05) is 32.1 Å². The highest BCUT2D eigenvalue weighted by Crippen LogP contribution is 2.38. The van der Waals surface area contributed by atoms with Crippen molar-refractivity contribution in [3.05, 3.63) is 15.9 Å². The van der Waals surface area contributed by atoms with Crippen molar-refractivity contribution in [3.8, 4) is 0 Å². The van der Waals surface area contributed by atoms with Crippen LogP contribution in [0.5, 0.6) is 0 Å². The maximum absolute atomic E-state index is 6.17. The Balaban J connectivity index is 2.20. The molecule has 108 valence electrons. The number of nitrogens with two attached hydrogens (primary N) is 1. The normalized spacial score (nSPS) is 20.0. The van der Waals surface area contributed by atoms with Crippen LogP contribution < -0.4 is 5.73 Å². The minimum atomic E-state index is 0.281. The fraction of sp³-hybridized carbons (Fsp3) is 0.800. The molecular weight excluding hydrogens is 302 g/mol. The summed E-state index contributed by atoms with van der Waals surface area (Å²) in [4.78, 5) is 0. The first-order chi connectivity index (χ1) is 9.08. The van der Waals surface area contributed by atoms with E-state index in [0.717, 1.165) is 18.7 Å². The number of nitrogens with zero attached hydrogens (tertiary/aromatic N) is 2. The third kappa shape index (κ3) is 3.40. The van der Waals surface area contributed by atoms with Gasteiger partial charge in [-0.3, -0.25) is 4.68 Å². The molecule has 1 aliphatic rings. The highest BCUT2D eigenvalue weighted by molar-refractivity contribution is 9.10. The predicted octanol–water partition coefficient (Wildman–Crippen LogP) is 3.72. The van der Waals surface area contributed by atoms with Gasteiger partial charge in [0.15, 0.2) is 0 Å². The second-order valence-electron chi connectivity index (χ2n) is 6.12. The third-order valence-corrected chi connectivity index (χ3v) is 5.68. The molecule has 0 aromatic carbocycles. The van der Waals surface area contributed by atoms with E-state index in [4.69, 9.17) is 5.73 Å². The van der Waals surface area contributed by atoms with E-state index >= 15 is 0 Å². The van der Waals surface area contributed by atoms with E-state index in [1.807, 2.05) is 11.7 Å². The maximum atomic E-state index is 6.17. The number of aromatic nitrogens is 2. The van der Waals surface area contributed by atoms with Crippen molar-refractivity contribution in [2.75, 3.05) is 6.54 Å². The van der Waals surface area contributed by atoms with E-state index in [0.29, 0.717) is 0 Å². The van der Waals surface area contributed by atoms with Crippen molar-refractivity contribution < 1.29 is 0 Å². The van der Waals surface area contributed by atoms with Gasteiger partial charge in [0.2, 0.25) is 0 Å². The Morgan fingerprint density at radius 1 is 1.21 bits per heavy atom. The smallest absolute Gasteiger partial charge is 0.0738 e. The van der Waals surface area contributed by atoms with Crippen molar-refractivity contribution in [1.29, 1.82) is 0 Å². The molecule has 0 saturated heterocycles. The number of rotatable bonds is 3. The average molecular weight is 328 g/mol. The molecule has 2 rings (SSSR count). The molecule has 1 aromatic heterocycles. The summed E-state index contributed by atoms with van der Waals surface area (Å²) in [6.07, 6.45) is 10.4. The van der Waals surface area contributed by atoms with Crippen LogP contribution in [0.3, 0.4) is 0 Å². The van der Waals surface area contributed by atoms with Crippen molar-refractivity contribution in [3.63, 3.8) is 0 Å². The summed E-state index contributed by atoms with van der Waals surface area (Å²) in [5.41, 5.74) is 8.84. The van der Waals surface area contributed by atoms with Crippen LogP contribution in [0.15, 0.2) is 4.47 Å². The molecule has 19 heavy (non-hydrogen) atoms. The zero-order chi connectivity index (χ0) is 13.9. The van der Waals surface area contributed by atoms with Gasteiger partial charge in [0, 0.05) is 7.05 Å². The van der Waals surface area contributed by atoms with E-state index < -0.39 is 0 Å². The van der Waals surface area contributed by atoms with Crippen LogP contribution in [0.4, 0.5) is 0 Å². The van der Waals surface area contributed by atoms with Crippen LogP contribution in [0.1, 0.15) is 56.3 Å². The lowest BCUT2D eigenvalue weighted by Gasteiger charge is -2.34. The second kappa shape index (κ2) is 6.40. The lowest BCUT2D eigenvalue weighted by molar-refractivity contribution is 0.212. The number of hydrogen-bond donors (Lipinski definition) is 1. The minimum absolute atomic E-state index is 0.281. The SMILES string of the molecule is Cc1nn(C)c(CC2(CN)CCCCCCC2)c1Br. The Morgan fingerprint density at radius 3 is 2.26 bits per heavy atom. The fourth-order valence-electron chi connectivity index (χ4n) is 3.34. The summed E-state index contributed by atoms with van der Waals surface area (Å²) < 4.78 is 3.19. The zero-order valence-corrected chi connectivity index (χ0v) is 13.8. The zero-order valence-electron chi connectivity index (χ0n) is 12.2. The first kappa shape index (κ1) is 15.0. The van der Waals surface area contributed by atoms with Crippen LogP contribution in [0.2, 0.25) is 0 Å². The molecule has 2 N–H and O–H groups in total. The molecule has 0 spiro atoms. The quantitative estimate of drug-likeness (QED) is 0.919. The first-order valence-electron chi connectivity index (χ1n) is 7.46. The molecule has 0 bridgehead atoms. The summed E-state index contributed by atoms with van der Waals surface area (Å²) >= 11 is 3.69. The van der Waals surface area contributed by atoms with Gasteiger partial charge >= 0.3 is 0 Å². The van der Waals surface area contributed by atoms with E-state index in [1.165, 1.54) is 55.1 Å². The summed E-state index contributed by atoms with van der Waals surface area (Å²) in [6, 6.07) is 0. The van der Waals surface area contributed by atoms with Gasteiger partial charge in [-0.25, -0.2) is 0 Å². The van der Waals surface area contributed by atoms with Gasteiger partial charge in [-0.15, -0.1) is 0 Å². The van der Waals surface area contributed by atoms with Gasteiger partial charge < -0.3 is 5.73 Å². The molecule has 3 nitrogen and oxygen atoms in total. The van der Waals surface area contributed by atoms with Gasteiger partial charge in [0.25, 0.3) is 0 Å². The molecule has 0 atom stereocenters. The van der Waals surface area contributed by atoms with E-state index in [2.05, 4.69) is 28.0 Å². The summed E-state index contributed by atoms with van der Waals surface area (Å²) in [5, 5.41) is 4.51. The molecule has 1 heterocycles. The standard InChI is InChI=1S/C15H26BrN3/c1-12-14(16)13(19(2)18-12)10-15(11-17)8-6-4-3-5-7-9-15/h3-11,17H2,1-2H3. The molecule has 0 radical (unpaired) electrons. The van der Waals surface area contributed by atoms with Crippen molar-refractivity contribution in [2.24, 2.45) is 18.2 Å². The van der Waals surface area contributed by atoms with Crippen molar-refractivity contribution >= 4 is 15.9 Å². The number of halogens is 1. The largest absolute Gasteiger partial charge is 0.330 e. The van der Waals surface area contributed by atoms with Gasteiger partial charge in [-0.05, 0) is 54.1 Å². The molecule has 0 aliphatic heterocycles. The maximum Gasteiger partial charge on any atom is 0.0738 e. The second-order valence-corrected chi connectivity index (χ2v) is 6.91. The Bertz CT molecular complexity index is 417. The third-order valence-electron chi connectivity index (χ3n) is 4.65. The number of hydrogen-bond acceptors (Lipinski definition) is 2. The van der Waals surface area contributed by atoms with Gasteiger partial charge in [-0.2, -0.15) is 5.10 Å². The first-order valence-corrected chi connectivity index (χ1v) is 8.25. The summed E-state index contributed by atoms with van der Waals surface area (Å²) in [6.45, 7) is 2.85. The van der Waals surface area contributed by atoms with Crippen molar-refractivity contribution in [1.82, 2.24) is 9.78 Å². The van der Waals surface area contributed by atoms with Crippen LogP contribution >= 0.6 is 15.9 Å². The Labute approximate surface area is 125 Å². The lowest BCUT2D eigenvalue weighted by atomic mass is 9.73. The molecular formula is C15H26BrN3. The van der Waals surface area contributed by atoms with Crippen LogP contribution in [-0.2, 0) is 13.5 Å². The summed E-state index contributed by atoms with van der Waals surface area (Å²) in [7, 11) is 2.04. The molecule has 1 aliphatic carbocycles. The van der Waals surface area contributed by atoms with Gasteiger partial charge in [0.1, 0.15) is 0 Å². The Morgan fingerprint density at radius 2 is 1.79 bits per heavy atom. The lowest BCUT2D eigenvalue weighted by Crippen LogP contribution is -2.34. The Kier molecular flexibility index (Phi) is 5.07. The molecule has 4 heteroatoms. The van der Waals surface area contributed by atoms with Crippen LogP contribution in [0, 0.1) is 12.3 Å². The van der Waals surface area contributed by atoms with Crippen LogP contribution in [0.25, 0.3) is 0 Å². The predicted molar refractivity (Wildman–Crippen MR) is 83.2 cm³/mol. The molecule has 0 amide bonds. The Hall–Kier alpha value is -0.350. The van der Waals surface area contributed by atoms with E-state index in [1.54, 1.807) is 0 Å². The molecule has 1 saturated carbocycles. The molecule has 1 fully saturated rings. The number of aryl methyl sites for hydroxylation is 2. The van der Waals surface area contributed by atoms with Crippen molar-refractivity contribution in [2.45, 2.75) is 58.3 Å². The van der Waals surface area contributed by atoms with E-state index in [9.17, 15) is 0 Å². The highest BCUT2D eigenvalue weighted by Gasteiger charge is 2.31. The van der Waals surface area contributed by atoms with Crippen LogP contribution in [-0.4, -0.2) is 16.3 Å². The molecule has 0 unspecified atom stereocenters. The van der Waals surface area contributed by atoms with E-state index in [-0.39, 0.29) is 5.41 Å².